The molecule has 0 unspecified atom stereocenters. The number of rotatable bonds is 13. The average Bonchev–Trinajstić information content (AvgIpc) is 2.80. The Kier molecular flexibility index (Phi) is 10.6. The summed E-state index contributed by atoms with van der Waals surface area (Å²) in [6, 6.07) is 22.5. The van der Waals surface area contributed by atoms with E-state index in [1.807, 2.05) is 48.5 Å². The first-order chi connectivity index (χ1) is 15.0. The van der Waals surface area contributed by atoms with Crippen molar-refractivity contribution in [3.63, 3.8) is 0 Å². The van der Waals surface area contributed by atoms with Crippen LogP contribution in [0.3, 0.4) is 0 Å². The van der Waals surface area contributed by atoms with Crippen molar-refractivity contribution in [2.24, 2.45) is 5.92 Å². The molecule has 0 bridgehead atoms. The van der Waals surface area contributed by atoms with E-state index in [9.17, 15) is 10.1 Å². The molecule has 5 heteroatoms. The molecule has 0 fully saturated rings. The Morgan fingerprint density at radius 2 is 1.74 bits per heavy atom. The third kappa shape index (κ3) is 7.41. The van der Waals surface area contributed by atoms with Gasteiger partial charge in [-0.2, -0.15) is 17.0 Å². The van der Waals surface area contributed by atoms with Gasteiger partial charge in [0, 0.05) is 13.1 Å². The predicted molar refractivity (Wildman–Crippen MR) is 131 cm³/mol. The van der Waals surface area contributed by atoms with Crippen LogP contribution in [-0.2, 0) is 16.8 Å². The molecule has 0 aromatic heterocycles. The molecule has 0 saturated heterocycles. The number of carbonyl (C=O) groups is 1. The minimum atomic E-state index is -0.532. The molecule has 0 heterocycles. The van der Waals surface area contributed by atoms with Crippen LogP contribution in [0.25, 0.3) is 0 Å². The molecule has 1 amide bonds. The summed E-state index contributed by atoms with van der Waals surface area (Å²) in [7, 11) is 0. The summed E-state index contributed by atoms with van der Waals surface area (Å²) < 4.78 is 0. The molecule has 2 aromatic carbocycles. The van der Waals surface area contributed by atoms with Crippen molar-refractivity contribution in [3.8, 4) is 6.07 Å². The summed E-state index contributed by atoms with van der Waals surface area (Å²) in [6.45, 7) is 5.44. The second-order valence-corrected chi connectivity index (χ2v) is 9.18. The number of hydrogen-bond donors (Lipinski definition) is 2. The van der Waals surface area contributed by atoms with Crippen molar-refractivity contribution in [2.45, 2.75) is 51.1 Å². The molecule has 0 aliphatic heterocycles. The van der Waals surface area contributed by atoms with Gasteiger partial charge in [0.2, 0.25) is 5.91 Å². The third-order valence-corrected chi connectivity index (χ3v) is 6.49. The number of benzene rings is 2. The fourth-order valence-corrected chi connectivity index (χ4v) is 4.32. The predicted octanol–water partition coefficient (Wildman–Crippen LogP) is 4.91. The second kappa shape index (κ2) is 13.2. The highest BCUT2D eigenvalue weighted by Crippen LogP contribution is 2.36. The highest BCUT2D eigenvalue weighted by molar-refractivity contribution is 7.98. The van der Waals surface area contributed by atoms with E-state index in [0.717, 1.165) is 30.6 Å². The lowest BCUT2D eigenvalue weighted by Crippen LogP contribution is -2.44. The van der Waals surface area contributed by atoms with Crippen molar-refractivity contribution in [3.05, 3.63) is 71.8 Å². The SMILES string of the molecule is CSCC[C@H](NCc1ccccc1)C(=O)NCCC[C@@](C#N)(c1ccccc1)C(C)C. The number of carbonyl (C=O) groups excluding carboxylic acids is 1. The van der Waals surface area contributed by atoms with Crippen LogP contribution in [-0.4, -0.2) is 30.5 Å². The summed E-state index contributed by atoms with van der Waals surface area (Å²) in [4.78, 5) is 12.8. The fraction of sp³-hybridized carbons (Fsp3) is 0.462. The fourth-order valence-electron chi connectivity index (χ4n) is 3.85. The van der Waals surface area contributed by atoms with Gasteiger partial charge in [0.25, 0.3) is 0 Å². The van der Waals surface area contributed by atoms with Gasteiger partial charge in [0.15, 0.2) is 0 Å². The van der Waals surface area contributed by atoms with E-state index in [1.54, 1.807) is 11.8 Å². The number of amides is 1. The molecule has 0 aliphatic rings. The van der Waals surface area contributed by atoms with Gasteiger partial charge in [0.1, 0.15) is 0 Å². The summed E-state index contributed by atoms with van der Waals surface area (Å²) >= 11 is 1.75. The van der Waals surface area contributed by atoms with Gasteiger partial charge in [-0.05, 0) is 48.3 Å². The Balaban J connectivity index is 1.91. The number of thioether (sulfide) groups is 1. The van der Waals surface area contributed by atoms with E-state index in [1.165, 1.54) is 5.56 Å². The van der Waals surface area contributed by atoms with Crippen molar-refractivity contribution >= 4 is 17.7 Å². The molecule has 2 rings (SSSR count). The van der Waals surface area contributed by atoms with Crippen LogP contribution in [0.4, 0.5) is 0 Å². The average molecular weight is 438 g/mol. The minimum absolute atomic E-state index is 0.0387. The first kappa shape index (κ1) is 25.0. The van der Waals surface area contributed by atoms with E-state index < -0.39 is 5.41 Å². The summed E-state index contributed by atoms with van der Waals surface area (Å²) in [5.41, 5.74) is 1.69. The van der Waals surface area contributed by atoms with Gasteiger partial charge in [0.05, 0.1) is 17.5 Å². The summed E-state index contributed by atoms with van der Waals surface area (Å²) in [6.07, 6.45) is 4.33. The Morgan fingerprint density at radius 3 is 2.32 bits per heavy atom. The van der Waals surface area contributed by atoms with Crippen molar-refractivity contribution in [2.75, 3.05) is 18.6 Å². The Labute approximate surface area is 191 Å². The van der Waals surface area contributed by atoms with E-state index in [2.05, 4.69) is 48.9 Å². The second-order valence-electron chi connectivity index (χ2n) is 8.20. The number of hydrogen-bond acceptors (Lipinski definition) is 4. The van der Waals surface area contributed by atoms with Crippen LogP contribution in [0, 0.1) is 17.2 Å². The molecular weight excluding hydrogens is 402 g/mol. The molecule has 0 radical (unpaired) electrons. The highest BCUT2D eigenvalue weighted by Gasteiger charge is 2.35. The van der Waals surface area contributed by atoms with Crippen molar-refractivity contribution in [1.29, 1.82) is 5.26 Å². The topological polar surface area (TPSA) is 64.9 Å². The maximum atomic E-state index is 12.8. The Bertz CT molecular complexity index is 820. The smallest absolute Gasteiger partial charge is 0.237 e. The molecule has 2 N–H and O–H groups in total. The van der Waals surface area contributed by atoms with Crippen LogP contribution in [0.1, 0.15) is 44.2 Å². The Morgan fingerprint density at radius 1 is 1.10 bits per heavy atom. The molecule has 4 nitrogen and oxygen atoms in total. The third-order valence-electron chi connectivity index (χ3n) is 5.84. The number of nitrogens with one attached hydrogen (secondary N) is 2. The van der Waals surface area contributed by atoms with Gasteiger partial charge < -0.3 is 10.6 Å². The van der Waals surface area contributed by atoms with Crippen LogP contribution < -0.4 is 10.6 Å². The van der Waals surface area contributed by atoms with E-state index >= 15 is 0 Å². The van der Waals surface area contributed by atoms with E-state index in [0.29, 0.717) is 13.1 Å². The monoisotopic (exact) mass is 437 g/mol. The van der Waals surface area contributed by atoms with Crippen LogP contribution in [0.2, 0.25) is 0 Å². The van der Waals surface area contributed by atoms with Crippen LogP contribution in [0.15, 0.2) is 60.7 Å². The Hall–Kier alpha value is -2.29. The maximum Gasteiger partial charge on any atom is 0.237 e. The number of nitrogens with zero attached hydrogens (tertiary/aromatic N) is 1. The lowest BCUT2D eigenvalue weighted by molar-refractivity contribution is -0.123. The number of nitriles is 1. The molecular formula is C26H35N3OS. The quantitative estimate of drug-likeness (QED) is 0.437. The molecule has 0 aliphatic carbocycles. The van der Waals surface area contributed by atoms with Crippen molar-refractivity contribution in [1.82, 2.24) is 10.6 Å². The first-order valence-electron chi connectivity index (χ1n) is 11.0. The molecule has 0 saturated carbocycles. The lowest BCUT2D eigenvalue weighted by atomic mass is 9.70. The van der Waals surface area contributed by atoms with Crippen molar-refractivity contribution < 1.29 is 4.79 Å². The molecule has 166 valence electrons. The summed E-state index contributed by atoms with van der Waals surface area (Å²) in [5.74, 6) is 1.16. The van der Waals surface area contributed by atoms with Gasteiger partial charge in [-0.1, -0.05) is 74.5 Å². The van der Waals surface area contributed by atoms with Crippen LogP contribution in [0.5, 0.6) is 0 Å². The molecule has 0 spiro atoms. The van der Waals surface area contributed by atoms with Crippen LogP contribution >= 0.6 is 11.8 Å². The van der Waals surface area contributed by atoms with Gasteiger partial charge in [-0.3, -0.25) is 4.79 Å². The molecule has 2 atom stereocenters. The van der Waals surface area contributed by atoms with Gasteiger partial charge >= 0.3 is 0 Å². The summed E-state index contributed by atoms with van der Waals surface area (Å²) in [5, 5.41) is 16.5. The first-order valence-corrected chi connectivity index (χ1v) is 12.4. The largest absolute Gasteiger partial charge is 0.355 e. The zero-order valence-corrected chi connectivity index (χ0v) is 19.8. The van der Waals surface area contributed by atoms with Gasteiger partial charge in [-0.25, -0.2) is 0 Å². The minimum Gasteiger partial charge on any atom is -0.355 e. The zero-order valence-electron chi connectivity index (χ0n) is 18.9. The maximum absolute atomic E-state index is 12.8. The lowest BCUT2D eigenvalue weighted by Gasteiger charge is -2.31. The zero-order chi connectivity index (χ0) is 22.5. The highest BCUT2D eigenvalue weighted by atomic mass is 32.2. The van der Waals surface area contributed by atoms with E-state index in [-0.39, 0.29) is 17.9 Å². The van der Waals surface area contributed by atoms with E-state index in [4.69, 9.17) is 0 Å². The molecule has 2 aromatic rings. The normalized spacial score (nSPS) is 13.9. The molecule has 31 heavy (non-hydrogen) atoms. The standard InChI is InChI=1S/C26H35N3OS/c1-21(2)26(20-27,23-13-8-5-9-14-23)16-10-17-28-25(30)24(15-18-31-3)29-19-22-11-6-4-7-12-22/h4-9,11-14,21,24,29H,10,15-19H2,1-3H3,(H,28,30)/t24-,26-/m0/s1. The van der Waals surface area contributed by atoms with Gasteiger partial charge in [-0.15, -0.1) is 0 Å².